The van der Waals surface area contributed by atoms with E-state index in [2.05, 4.69) is 5.10 Å². The average molecular weight is 463 g/mol. The Hall–Kier alpha value is -3.52. The number of halogens is 4. The van der Waals surface area contributed by atoms with Crippen molar-refractivity contribution in [2.45, 2.75) is 6.18 Å². The number of hydrogen-bond acceptors (Lipinski definition) is 4. The molecule has 0 saturated carbocycles. The minimum atomic E-state index is -4.68. The highest BCUT2D eigenvalue weighted by Gasteiger charge is 2.38. The molecule has 0 aliphatic carbocycles. The van der Waals surface area contributed by atoms with Crippen molar-refractivity contribution in [3.05, 3.63) is 88.4 Å². The van der Waals surface area contributed by atoms with Gasteiger partial charge in [0.1, 0.15) is 5.57 Å². The van der Waals surface area contributed by atoms with Gasteiger partial charge < -0.3 is 9.47 Å². The fraction of sp³-hybridized carbons (Fsp3) is 0.130. The van der Waals surface area contributed by atoms with E-state index < -0.39 is 17.8 Å². The molecule has 0 radical (unpaired) electrons. The van der Waals surface area contributed by atoms with Gasteiger partial charge in [0.05, 0.1) is 32.4 Å². The molecular weight excluding hydrogens is 445 g/mol. The summed E-state index contributed by atoms with van der Waals surface area (Å²) in [5.74, 6) is -0.641. The molecule has 0 bridgehead atoms. The Kier molecular flexibility index (Phi) is 7.05. The maximum atomic E-state index is 13.9. The van der Waals surface area contributed by atoms with Gasteiger partial charge in [-0.15, -0.1) is 0 Å². The molecule has 166 valence electrons. The smallest absolute Gasteiger partial charge is 0.434 e. The molecular formula is C23H18ClF3N2O3. The van der Waals surface area contributed by atoms with E-state index in [1.54, 1.807) is 36.4 Å². The van der Waals surface area contributed by atoms with Crippen molar-refractivity contribution >= 4 is 35.3 Å². The van der Waals surface area contributed by atoms with Gasteiger partial charge in [-0.3, -0.25) is 0 Å². The number of aromatic nitrogens is 2. The third-order valence-electron chi connectivity index (χ3n) is 4.45. The van der Waals surface area contributed by atoms with Gasteiger partial charge in [0.25, 0.3) is 0 Å². The molecule has 3 rings (SSSR count). The molecule has 1 heterocycles. The highest BCUT2D eigenvalue weighted by molar-refractivity contribution is 6.30. The first-order valence-electron chi connectivity index (χ1n) is 9.26. The van der Waals surface area contributed by atoms with E-state index in [0.717, 1.165) is 10.9 Å². The molecule has 0 amide bonds. The van der Waals surface area contributed by atoms with Crippen molar-refractivity contribution in [3.8, 4) is 5.69 Å². The van der Waals surface area contributed by atoms with E-state index >= 15 is 0 Å². The lowest BCUT2D eigenvalue weighted by molar-refractivity contribution is -0.143. The van der Waals surface area contributed by atoms with E-state index in [1.165, 1.54) is 44.8 Å². The fourth-order valence-electron chi connectivity index (χ4n) is 3.09. The number of carbonyl (C=O) groups is 1. The van der Waals surface area contributed by atoms with E-state index in [4.69, 9.17) is 21.1 Å². The number of esters is 1. The van der Waals surface area contributed by atoms with Gasteiger partial charge in [-0.1, -0.05) is 54.1 Å². The van der Waals surface area contributed by atoms with Gasteiger partial charge in [-0.05, 0) is 29.3 Å². The average Bonchev–Trinajstić information content (AvgIpc) is 3.20. The molecule has 0 fully saturated rings. The Labute approximate surface area is 187 Å². The molecule has 1 aromatic heterocycles. The molecule has 0 atom stereocenters. The first kappa shape index (κ1) is 23.1. The lowest BCUT2D eigenvalue weighted by Gasteiger charge is -2.12. The van der Waals surface area contributed by atoms with Crippen LogP contribution in [0.2, 0.25) is 5.02 Å². The second kappa shape index (κ2) is 9.74. The number of alkyl halides is 3. The van der Waals surface area contributed by atoms with Gasteiger partial charge >= 0.3 is 12.1 Å². The van der Waals surface area contributed by atoms with Crippen LogP contribution in [-0.2, 0) is 20.4 Å². The number of benzene rings is 2. The monoisotopic (exact) mass is 462 g/mol. The largest absolute Gasteiger partial charge is 0.503 e. The fourth-order valence-corrected chi connectivity index (χ4v) is 3.27. The first-order valence-corrected chi connectivity index (χ1v) is 9.64. The van der Waals surface area contributed by atoms with Crippen molar-refractivity contribution in [2.24, 2.45) is 0 Å². The van der Waals surface area contributed by atoms with Crippen molar-refractivity contribution < 1.29 is 27.4 Å². The number of carbonyl (C=O) groups excluding carboxylic acids is 1. The summed E-state index contributed by atoms with van der Waals surface area (Å²) in [5, 5.41) is 4.21. The summed E-state index contributed by atoms with van der Waals surface area (Å²) in [6.45, 7) is 0. The van der Waals surface area contributed by atoms with Gasteiger partial charge in [0, 0.05) is 10.6 Å². The molecule has 0 unspecified atom stereocenters. The standard InChI is InChI=1S/C23H18ClF3N2O3/c1-31-14-20(22(30)32-2)19-9-4-3-6-15(19)10-11-16-13-28-29(21(16)23(25,26)27)18-8-5-7-17(24)12-18/h3-14H,1-2H3/b11-10+,20-14+. The molecule has 32 heavy (non-hydrogen) atoms. The van der Waals surface area contributed by atoms with Crippen molar-refractivity contribution in [3.63, 3.8) is 0 Å². The van der Waals surface area contributed by atoms with Crippen LogP contribution in [0.5, 0.6) is 0 Å². The second-order valence-corrected chi connectivity index (χ2v) is 6.95. The Bertz CT molecular complexity index is 1180. The highest BCUT2D eigenvalue weighted by atomic mass is 35.5. The highest BCUT2D eigenvalue weighted by Crippen LogP contribution is 2.35. The summed E-state index contributed by atoms with van der Waals surface area (Å²) in [5.41, 5.74) is 0.136. The van der Waals surface area contributed by atoms with Crippen LogP contribution in [0.4, 0.5) is 13.2 Å². The molecule has 2 aromatic carbocycles. The van der Waals surface area contributed by atoms with Crippen LogP contribution < -0.4 is 0 Å². The summed E-state index contributed by atoms with van der Waals surface area (Å²) in [6.07, 6.45) is 0.421. The van der Waals surface area contributed by atoms with Crippen molar-refractivity contribution in [2.75, 3.05) is 14.2 Å². The third kappa shape index (κ3) is 5.03. The van der Waals surface area contributed by atoms with E-state index in [9.17, 15) is 18.0 Å². The molecule has 9 heteroatoms. The predicted octanol–water partition coefficient (Wildman–Crippen LogP) is 5.88. The third-order valence-corrected chi connectivity index (χ3v) is 4.69. The lowest BCUT2D eigenvalue weighted by atomic mass is 9.99. The number of methoxy groups -OCH3 is 2. The van der Waals surface area contributed by atoms with Crippen molar-refractivity contribution in [1.29, 1.82) is 0 Å². The van der Waals surface area contributed by atoms with Crippen LogP contribution in [-0.4, -0.2) is 30.0 Å². The van der Waals surface area contributed by atoms with Crippen molar-refractivity contribution in [1.82, 2.24) is 9.78 Å². The Morgan fingerprint density at radius 1 is 1.06 bits per heavy atom. The Morgan fingerprint density at radius 2 is 1.78 bits per heavy atom. The van der Waals surface area contributed by atoms with E-state index in [-0.39, 0.29) is 21.8 Å². The lowest BCUT2D eigenvalue weighted by Crippen LogP contribution is -2.14. The van der Waals surface area contributed by atoms with E-state index in [1.807, 2.05) is 0 Å². The zero-order valence-corrected chi connectivity index (χ0v) is 17.8. The number of rotatable bonds is 6. The van der Waals surface area contributed by atoms with Crippen LogP contribution in [0.25, 0.3) is 23.4 Å². The molecule has 0 spiro atoms. The van der Waals surface area contributed by atoms with Gasteiger partial charge in [0.15, 0.2) is 5.69 Å². The van der Waals surface area contributed by atoms with Gasteiger partial charge in [0.2, 0.25) is 0 Å². The molecule has 5 nitrogen and oxygen atoms in total. The maximum absolute atomic E-state index is 13.9. The molecule has 3 aromatic rings. The number of ether oxygens (including phenoxy) is 2. The maximum Gasteiger partial charge on any atom is 0.434 e. The van der Waals surface area contributed by atoms with E-state index in [0.29, 0.717) is 11.1 Å². The number of hydrogen-bond donors (Lipinski definition) is 0. The second-order valence-electron chi connectivity index (χ2n) is 6.52. The SMILES string of the molecule is CO/C=C(/C(=O)OC)c1ccccc1/C=C/c1cnn(-c2cccc(Cl)c2)c1C(F)(F)F. The zero-order valence-electron chi connectivity index (χ0n) is 17.1. The van der Waals surface area contributed by atoms with Crippen LogP contribution in [0, 0.1) is 0 Å². The number of nitrogens with zero attached hydrogens (tertiary/aromatic N) is 2. The molecule has 0 N–H and O–H groups in total. The van der Waals surface area contributed by atoms with Crippen LogP contribution in [0.1, 0.15) is 22.4 Å². The summed E-state index contributed by atoms with van der Waals surface area (Å²) in [6, 6.07) is 12.7. The summed E-state index contributed by atoms with van der Waals surface area (Å²) >= 11 is 5.93. The molecule has 0 aliphatic rings. The van der Waals surface area contributed by atoms with Gasteiger partial charge in [-0.25, -0.2) is 9.48 Å². The summed E-state index contributed by atoms with van der Waals surface area (Å²) in [4.78, 5) is 12.1. The topological polar surface area (TPSA) is 53.4 Å². The molecule has 0 saturated heterocycles. The van der Waals surface area contributed by atoms with Gasteiger partial charge in [-0.2, -0.15) is 18.3 Å². The van der Waals surface area contributed by atoms with Crippen LogP contribution in [0.3, 0.4) is 0 Å². The minimum absolute atomic E-state index is 0.126. The Morgan fingerprint density at radius 3 is 2.44 bits per heavy atom. The Balaban J connectivity index is 2.09. The predicted molar refractivity (Wildman–Crippen MR) is 116 cm³/mol. The zero-order chi connectivity index (χ0) is 23.3. The summed E-state index contributed by atoms with van der Waals surface area (Å²) in [7, 11) is 2.60. The normalized spacial score (nSPS) is 12.2. The minimum Gasteiger partial charge on any atom is -0.503 e. The van der Waals surface area contributed by atoms with Crippen LogP contribution in [0.15, 0.2) is 61.0 Å². The summed E-state index contributed by atoms with van der Waals surface area (Å²) < 4.78 is 52.2. The molecule has 0 aliphatic heterocycles. The quantitative estimate of drug-likeness (QED) is 0.261. The van der Waals surface area contributed by atoms with Crippen LogP contribution >= 0.6 is 11.6 Å². The first-order chi connectivity index (χ1) is 15.3.